The molecule has 2 aromatic carbocycles. The van der Waals surface area contributed by atoms with Crippen LogP contribution in [0.1, 0.15) is 55.2 Å². The number of hydrogen-bond acceptors (Lipinski definition) is 1. The van der Waals surface area contributed by atoms with Crippen molar-refractivity contribution in [1.82, 2.24) is 0 Å². The highest BCUT2D eigenvalue weighted by molar-refractivity contribution is 5.79. The maximum atomic E-state index is 5.46. The second-order valence-electron chi connectivity index (χ2n) is 8.36. The second-order valence-corrected chi connectivity index (χ2v) is 8.36. The number of rotatable bonds is 3. The molecule has 0 N–H and O–H groups in total. The van der Waals surface area contributed by atoms with Crippen LogP contribution in [0.3, 0.4) is 0 Å². The highest BCUT2D eigenvalue weighted by Gasteiger charge is 2.49. The van der Waals surface area contributed by atoms with Crippen LogP contribution in [0, 0.1) is 11.3 Å². The minimum Gasteiger partial charge on any atom is -0.497 e. The topological polar surface area (TPSA) is 9.23 Å². The van der Waals surface area contributed by atoms with Gasteiger partial charge in [-0.3, -0.25) is 0 Å². The molecular formula is C26H28O. The van der Waals surface area contributed by atoms with E-state index in [9.17, 15) is 0 Å². The van der Waals surface area contributed by atoms with E-state index < -0.39 is 0 Å². The van der Waals surface area contributed by atoms with Crippen molar-refractivity contribution in [3.8, 4) is 5.75 Å². The van der Waals surface area contributed by atoms with Gasteiger partial charge in [-0.25, -0.2) is 0 Å². The molecule has 0 amide bonds. The normalized spacial score (nSPS) is 28.5. The molecule has 1 saturated carbocycles. The van der Waals surface area contributed by atoms with Crippen LogP contribution < -0.4 is 4.74 Å². The molecule has 0 aromatic heterocycles. The number of allylic oxidation sites excluding steroid dienone is 4. The van der Waals surface area contributed by atoms with E-state index in [1.807, 2.05) is 0 Å². The van der Waals surface area contributed by atoms with E-state index in [1.165, 1.54) is 43.2 Å². The van der Waals surface area contributed by atoms with Gasteiger partial charge in [0, 0.05) is 5.41 Å². The van der Waals surface area contributed by atoms with Crippen molar-refractivity contribution in [1.29, 1.82) is 0 Å². The quantitative estimate of drug-likeness (QED) is 0.605. The van der Waals surface area contributed by atoms with Crippen molar-refractivity contribution in [3.05, 3.63) is 82.9 Å². The van der Waals surface area contributed by atoms with E-state index in [4.69, 9.17) is 4.74 Å². The molecule has 0 spiro atoms. The fourth-order valence-corrected chi connectivity index (χ4v) is 6.11. The van der Waals surface area contributed by atoms with Crippen molar-refractivity contribution in [3.63, 3.8) is 0 Å². The molecule has 1 nitrogen and oxygen atoms in total. The van der Waals surface area contributed by atoms with Crippen LogP contribution in [0.2, 0.25) is 0 Å². The molecule has 0 radical (unpaired) electrons. The minimum atomic E-state index is 0.256. The van der Waals surface area contributed by atoms with E-state index in [0.717, 1.165) is 5.75 Å². The lowest BCUT2D eigenvalue weighted by Gasteiger charge is -2.49. The third-order valence-electron chi connectivity index (χ3n) is 7.43. The average Bonchev–Trinajstić information content (AvgIpc) is 3.13. The predicted octanol–water partition coefficient (Wildman–Crippen LogP) is 6.56. The Bertz CT molecular complexity index is 920. The zero-order valence-corrected chi connectivity index (χ0v) is 16.4. The van der Waals surface area contributed by atoms with Crippen LogP contribution in [0.15, 0.2) is 66.3 Å². The van der Waals surface area contributed by atoms with E-state index in [2.05, 4.69) is 67.6 Å². The molecule has 1 heteroatoms. The highest BCUT2D eigenvalue weighted by atomic mass is 16.5. The smallest absolute Gasteiger partial charge is 0.119 e. The van der Waals surface area contributed by atoms with Gasteiger partial charge in [0.05, 0.1) is 7.11 Å². The van der Waals surface area contributed by atoms with Gasteiger partial charge in [-0.2, -0.15) is 0 Å². The van der Waals surface area contributed by atoms with Gasteiger partial charge in [0.25, 0.3) is 0 Å². The van der Waals surface area contributed by atoms with Crippen LogP contribution in [-0.4, -0.2) is 7.11 Å². The number of benzene rings is 2. The summed E-state index contributed by atoms with van der Waals surface area (Å²) in [5.41, 5.74) is 8.01. The molecule has 2 aromatic rings. The minimum absolute atomic E-state index is 0.256. The van der Waals surface area contributed by atoms with E-state index in [1.54, 1.807) is 23.8 Å². The Kier molecular flexibility index (Phi) is 4.00. The first-order valence-corrected chi connectivity index (χ1v) is 10.4. The zero-order chi connectivity index (χ0) is 18.4. The monoisotopic (exact) mass is 356 g/mol. The van der Waals surface area contributed by atoms with Crippen LogP contribution in [0.25, 0.3) is 5.57 Å². The number of hydrogen-bond donors (Lipinski definition) is 0. The first kappa shape index (κ1) is 16.9. The van der Waals surface area contributed by atoms with Crippen molar-refractivity contribution in [2.24, 2.45) is 11.3 Å². The van der Waals surface area contributed by atoms with Crippen LogP contribution in [0.5, 0.6) is 5.75 Å². The predicted molar refractivity (Wildman–Crippen MR) is 112 cm³/mol. The fraction of sp³-hybridized carbons (Fsp3) is 0.385. The molecule has 3 aliphatic carbocycles. The molecule has 0 heterocycles. The first-order valence-electron chi connectivity index (χ1n) is 10.4. The van der Waals surface area contributed by atoms with Gasteiger partial charge >= 0.3 is 0 Å². The summed E-state index contributed by atoms with van der Waals surface area (Å²) in [6.07, 6.45) is 11.1. The molecule has 0 saturated heterocycles. The Balaban J connectivity index is 1.52. The molecule has 0 unspecified atom stereocenters. The molecule has 27 heavy (non-hydrogen) atoms. The molecule has 5 rings (SSSR count). The number of methoxy groups -OCH3 is 1. The number of ether oxygens (including phenoxy) is 1. The number of fused-ring (bicyclic) bond motifs is 5. The first-order chi connectivity index (χ1) is 13.3. The summed E-state index contributed by atoms with van der Waals surface area (Å²) in [4.78, 5) is 0. The van der Waals surface area contributed by atoms with Gasteiger partial charge in [-0.05, 0) is 78.3 Å². The molecule has 0 aliphatic heterocycles. The van der Waals surface area contributed by atoms with Crippen molar-refractivity contribution < 1.29 is 4.74 Å². The summed E-state index contributed by atoms with van der Waals surface area (Å²) in [5.74, 6) is 2.37. The van der Waals surface area contributed by atoms with E-state index in [-0.39, 0.29) is 5.41 Å². The molecule has 3 aliphatic rings. The summed E-state index contributed by atoms with van der Waals surface area (Å²) in [6.45, 7) is 2.39. The molecule has 3 atom stereocenters. The van der Waals surface area contributed by atoms with Crippen molar-refractivity contribution >= 4 is 5.57 Å². The third-order valence-corrected chi connectivity index (χ3v) is 7.43. The Morgan fingerprint density at radius 3 is 2.63 bits per heavy atom. The maximum Gasteiger partial charge on any atom is 0.119 e. The lowest BCUT2D eigenvalue weighted by atomic mass is 9.55. The summed E-state index contributed by atoms with van der Waals surface area (Å²) < 4.78 is 5.46. The largest absolute Gasteiger partial charge is 0.497 e. The summed E-state index contributed by atoms with van der Waals surface area (Å²) in [5, 5.41) is 0. The van der Waals surface area contributed by atoms with E-state index >= 15 is 0 Å². The maximum absolute atomic E-state index is 5.46. The zero-order valence-electron chi connectivity index (χ0n) is 16.4. The van der Waals surface area contributed by atoms with Gasteiger partial charge in [-0.15, -0.1) is 0 Å². The Hall–Kier alpha value is -2.28. The lowest BCUT2D eigenvalue weighted by molar-refractivity contribution is 0.245. The van der Waals surface area contributed by atoms with E-state index in [0.29, 0.717) is 11.8 Å². The van der Waals surface area contributed by atoms with Crippen LogP contribution in [0.4, 0.5) is 0 Å². The van der Waals surface area contributed by atoms with Gasteiger partial charge in [-0.1, -0.05) is 61.0 Å². The van der Waals surface area contributed by atoms with Crippen LogP contribution >= 0.6 is 0 Å². The Labute approximate surface area is 162 Å². The fourth-order valence-electron chi connectivity index (χ4n) is 6.11. The molecule has 0 bridgehead atoms. The summed E-state index contributed by atoms with van der Waals surface area (Å²) in [7, 11) is 1.77. The average molecular weight is 357 g/mol. The molecule has 138 valence electrons. The van der Waals surface area contributed by atoms with Gasteiger partial charge in [0.15, 0.2) is 0 Å². The third kappa shape index (κ3) is 2.44. The molecule has 1 fully saturated rings. The van der Waals surface area contributed by atoms with Crippen molar-refractivity contribution in [2.75, 3.05) is 7.11 Å². The lowest BCUT2D eigenvalue weighted by Crippen LogP contribution is -2.37. The number of aryl methyl sites for hydroxylation is 1. The van der Waals surface area contributed by atoms with Gasteiger partial charge < -0.3 is 4.74 Å². The molecular weight excluding hydrogens is 328 g/mol. The van der Waals surface area contributed by atoms with Crippen molar-refractivity contribution in [2.45, 2.75) is 44.9 Å². The van der Waals surface area contributed by atoms with Gasteiger partial charge in [0.1, 0.15) is 5.75 Å². The highest BCUT2D eigenvalue weighted by Crippen LogP contribution is 2.62. The Morgan fingerprint density at radius 2 is 1.85 bits per heavy atom. The summed E-state index contributed by atoms with van der Waals surface area (Å²) >= 11 is 0. The van der Waals surface area contributed by atoms with Crippen LogP contribution in [-0.2, 0) is 6.42 Å². The summed E-state index contributed by atoms with van der Waals surface area (Å²) in [6, 6.07) is 17.8. The Morgan fingerprint density at radius 1 is 1.00 bits per heavy atom. The second kappa shape index (κ2) is 6.41. The van der Waals surface area contributed by atoms with Gasteiger partial charge in [0.2, 0.25) is 0 Å². The standard InChI is InChI=1S/C26H28O/c1-3-26-16-15-22-21-12-10-20(27-2)17-19(21)9-11-23(22)25(26)14-13-24(26)18-7-5-4-6-8-18/h4-8,10,12-14,17,22-23H,3,9,11,15-16H2,1-2H3/t22-,23-,26-/m1/s1. The SMILES string of the molecule is CC[C@]12CC[C@@H]3c4ccc(OC)cc4CC[C@H]3C1=CC=C2c1ccccc1.